The second-order valence-corrected chi connectivity index (χ2v) is 6.41. The third kappa shape index (κ3) is 4.23. The van der Waals surface area contributed by atoms with Crippen molar-refractivity contribution < 1.29 is 19.2 Å². The monoisotopic (exact) mass is 343 g/mol. The quantitative estimate of drug-likeness (QED) is 0.833. The van der Waals surface area contributed by atoms with E-state index in [1.807, 2.05) is 6.92 Å². The lowest BCUT2D eigenvalue weighted by Crippen LogP contribution is -2.14. The van der Waals surface area contributed by atoms with Crippen LogP contribution < -0.4 is 5.32 Å². The molecule has 1 saturated carbocycles. The number of carboxylic acid groups (broad SMARTS) is 1. The van der Waals surface area contributed by atoms with Gasteiger partial charge in [0.15, 0.2) is 5.82 Å². The van der Waals surface area contributed by atoms with Gasteiger partial charge in [0, 0.05) is 24.4 Å². The normalized spacial score (nSPS) is 14.6. The Bertz CT molecular complexity index is 778. The van der Waals surface area contributed by atoms with Crippen LogP contribution in [0.15, 0.2) is 22.7 Å². The van der Waals surface area contributed by atoms with E-state index in [2.05, 4.69) is 15.5 Å². The molecule has 1 aromatic heterocycles. The largest absolute Gasteiger partial charge is 0.478 e. The van der Waals surface area contributed by atoms with Gasteiger partial charge >= 0.3 is 5.97 Å². The molecular weight excluding hydrogens is 322 g/mol. The molecule has 1 aliphatic rings. The zero-order valence-corrected chi connectivity index (χ0v) is 14.1. The molecule has 1 aliphatic carbocycles. The molecule has 1 heterocycles. The average Bonchev–Trinajstić information content (AvgIpc) is 3.26. The van der Waals surface area contributed by atoms with Crippen LogP contribution in [0.4, 0.5) is 5.69 Å². The number of hydrogen-bond acceptors (Lipinski definition) is 5. The highest BCUT2D eigenvalue weighted by atomic mass is 16.5. The maximum absolute atomic E-state index is 12.1. The predicted molar refractivity (Wildman–Crippen MR) is 90.6 cm³/mol. The number of nitrogens with zero attached hydrogens (tertiary/aromatic N) is 2. The van der Waals surface area contributed by atoms with Crippen LogP contribution in [0.3, 0.4) is 0 Å². The Balaban J connectivity index is 1.56. The molecule has 2 N–H and O–H groups in total. The van der Waals surface area contributed by atoms with Crippen molar-refractivity contribution in [2.45, 2.75) is 51.4 Å². The van der Waals surface area contributed by atoms with Crippen molar-refractivity contribution in [3.8, 4) is 0 Å². The lowest BCUT2D eigenvalue weighted by Gasteiger charge is -2.08. The highest BCUT2D eigenvalue weighted by Gasteiger charge is 2.22. The summed E-state index contributed by atoms with van der Waals surface area (Å²) < 4.78 is 5.23. The van der Waals surface area contributed by atoms with E-state index in [-0.39, 0.29) is 17.9 Å². The first-order valence-electron chi connectivity index (χ1n) is 8.49. The van der Waals surface area contributed by atoms with Gasteiger partial charge in [-0.3, -0.25) is 4.79 Å². The molecule has 0 spiro atoms. The summed E-state index contributed by atoms with van der Waals surface area (Å²) in [5, 5.41) is 15.8. The summed E-state index contributed by atoms with van der Waals surface area (Å²) in [5.74, 6) is 0.353. The zero-order valence-electron chi connectivity index (χ0n) is 14.1. The molecule has 0 aliphatic heterocycles. The van der Waals surface area contributed by atoms with Crippen molar-refractivity contribution in [2.75, 3.05) is 5.32 Å². The molecular formula is C18H21N3O4. The molecule has 7 heteroatoms. The lowest BCUT2D eigenvalue weighted by molar-refractivity contribution is -0.116. The number of benzene rings is 1. The van der Waals surface area contributed by atoms with Gasteiger partial charge in [0.2, 0.25) is 11.8 Å². The Morgan fingerprint density at radius 2 is 2.08 bits per heavy atom. The van der Waals surface area contributed by atoms with Gasteiger partial charge in [-0.15, -0.1) is 0 Å². The average molecular weight is 343 g/mol. The second kappa shape index (κ2) is 7.46. The zero-order chi connectivity index (χ0) is 17.8. The molecule has 0 bridgehead atoms. The Morgan fingerprint density at radius 1 is 1.32 bits per heavy atom. The summed E-state index contributed by atoms with van der Waals surface area (Å²) in [4.78, 5) is 27.6. The molecule has 1 amide bonds. The number of amides is 1. The van der Waals surface area contributed by atoms with Crippen molar-refractivity contribution in [2.24, 2.45) is 0 Å². The fraction of sp³-hybridized carbons (Fsp3) is 0.444. The minimum Gasteiger partial charge on any atom is -0.478 e. The lowest BCUT2D eigenvalue weighted by atomic mass is 10.1. The molecule has 25 heavy (non-hydrogen) atoms. The molecule has 3 rings (SSSR count). The number of anilines is 1. The van der Waals surface area contributed by atoms with Crippen molar-refractivity contribution in [1.82, 2.24) is 10.1 Å². The van der Waals surface area contributed by atoms with E-state index in [9.17, 15) is 9.59 Å². The topological polar surface area (TPSA) is 105 Å². The van der Waals surface area contributed by atoms with E-state index in [1.165, 1.54) is 25.0 Å². The van der Waals surface area contributed by atoms with Gasteiger partial charge in [-0.05, 0) is 37.5 Å². The van der Waals surface area contributed by atoms with Crippen LogP contribution in [0.1, 0.15) is 65.7 Å². The molecule has 7 nitrogen and oxygen atoms in total. The smallest absolute Gasteiger partial charge is 0.335 e. The molecule has 0 saturated heterocycles. The first-order chi connectivity index (χ1) is 12.0. The van der Waals surface area contributed by atoms with Crippen LogP contribution in [0.2, 0.25) is 0 Å². The first-order valence-corrected chi connectivity index (χ1v) is 8.49. The van der Waals surface area contributed by atoms with Gasteiger partial charge in [0.1, 0.15) is 0 Å². The highest BCUT2D eigenvalue weighted by molar-refractivity contribution is 5.94. The highest BCUT2D eigenvalue weighted by Crippen LogP contribution is 2.32. The van der Waals surface area contributed by atoms with Crippen molar-refractivity contribution >= 4 is 17.6 Å². The number of carbonyl (C=O) groups excluding carboxylic acids is 1. The van der Waals surface area contributed by atoms with Crippen LogP contribution in [0.5, 0.6) is 0 Å². The van der Waals surface area contributed by atoms with Crippen molar-refractivity contribution in [3.05, 3.63) is 41.0 Å². The molecule has 0 atom stereocenters. The Hall–Kier alpha value is -2.70. The number of rotatable bonds is 6. The van der Waals surface area contributed by atoms with Crippen molar-refractivity contribution in [1.29, 1.82) is 0 Å². The van der Waals surface area contributed by atoms with E-state index in [1.54, 1.807) is 6.07 Å². The van der Waals surface area contributed by atoms with Gasteiger partial charge in [-0.2, -0.15) is 4.98 Å². The molecule has 2 aromatic rings. The molecule has 0 unspecified atom stereocenters. The summed E-state index contributed by atoms with van der Waals surface area (Å²) in [7, 11) is 0. The van der Waals surface area contributed by atoms with Crippen LogP contribution in [0.25, 0.3) is 0 Å². The van der Waals surface area contributed by atoms with E-state index in [4.69, 9.17) is 9.63 Å². The number of carbonyl (C=O) groups is 2. The van der Waals surface area contributed by atoms with Gasteiger partial charge in [-0.1, -0.05) is 24.1 Å². The maximum Gasteiger partial charge on any atom is 0.335 e. The molecule has 1 aromatic carbocycles. The number of aromatic nitrogens is 2. The molecule has 132 valence electrons. The summed E-state index contributed by atoms with van der Waals surface area (Å²) >= 11 is 0. The van der Waals surface area contributed by atoms with E-state index in [0.29, 0.717) is 23.9 Å². The third-order valence-corrected chi connectivity index (χ3v) is 4.53. The third-order valence-electron chi connectivity index (χ3n) is 4.53. The van der Waals surface area contributed by atoms with E-state index >= 15 is 0 Å². The second-order valence-electron chi connectivity index (χ2n) is 6.41. The fourth-order valence-electron chi connectivity index (χ4n) is 3.04. The molecule has 0 radical (unpaired) electrons. The standard InChI is InChI=1S/C18H21N3O4/c1-11-6-7-13(18(23)24)10-14(11)19-15(22)8-9-16-20-17(21-25-16)12-4-2-3-5-12/h6-7,10,12H,2-5,8-9H2,1H3,(H,19,22)(H,23,24). The maximum atomic E-state index is 12.1. The Morgan fingerprint density at radius 3 is 2.80 bits per heavy atom. The van der Waals surface area contributed by atoms with Gasteiger partial charge in [-0.25, -0.2) is 4.79 Å². The summed E-state index contributed by atoms with van der Waals surface area (Å²) in [5.41, 5.74) is 1.45. The first kappa shape index (κ1) is 17.1. The fourth-order valence-corrected chi connectivity index (χ4v) is 3.04. The van der Waals surface area contributed by atoms with E-state index in [0.717, 1.165) is 24.2 Å². The van der Waals surface area contributed by atoms with Crippen LogP contribution in [-0.4, -0.2) is 27.1 Å². The number of nitrogens with one attached hydrogen (secondary N) is 1. The Kier molecular flexibility index (Phi) is 5.11. The van der Waals surface area contributed by atoms with Crippen LogP contribution >= 0.6 is 0 Å². The summed E-state index contributed by atoms with van der Waals surface area (Å²) in [6.07, 6.45) is 5.15. The summed E-state index contributed by atoms with van der Waals surface area (Å²) in [6, 6.07) is 4.64. The van der Waals surface area contributed by atoms with Gasteiger partial charge in [0.05, 0.1) is 5.56 Å². The van der Waals surface area contributed by atoms with Crippen LogP contribution in [0, 0.1) is 6.92 Å². The van der Waals surface area contributed by atoms with Crippen molar-refractivity contribution in [3.63, 3.8) is 0 Å². The predicted octanol–water partition coefficient (Wildman–Crippen LogP) is 3.31. The number of hydrogen-bond donors (Lipinski definition) is 2. The minimum absolute atomic E-state index is 0.138. The van der Waals surface area contributed by atoms with Crippen LogP contribution in [-0.2, 0) is 11.2 Å². The summed E-state index contributed by atoms with van der Waals surface area (Å²) in [6.45, 7) is 1.81. The number of aromatic carboxylic acids is 1. The SMILES string of the molecule is Cc1ccc(C(=O)O)cc1NC(=O)CCc1nc(C2CCCC2)no1. The Labute approximate surface area is 145 Å². The minimum atomic E-state index is -1.03. The van der Waals surface area contributed by atoms with Gasteiger partial charge < -0.3 is 14.9 Å². The van der Waals surface area contributed by atoms with Gasteiger partial charge in [0.25, 0.3) is 0 Å². The number of aryl methyl sites for hydroxylation is 2. The molecule has 1 fully saturated rings. The van der Waals surface area contributed by atoms with E-state index < -0.39 is 5.97 Å². The number of carboxylic acids is 1.